The molecule has 0 saturated carbocycles. The molecule has 2 heterocycles. The molecule has 28 heavy (non-hydrogen) atoms. The number of carbonyl (C=O) groups excluding carboxylic acids is 1. The Morgan fingerprint density at radius 3 is 2.54 bits per heavy atom. The van der Waals surface area contributed by atoms with Crippen LogP contribution in [0.3, 0.4) is 0 Å². The molecule has 5 nitrogen and oxygen atoms in total. The third-order valence-corrected chi connectivity index (χ3v) is 5.71. The number of alkyl halides is 2. The minimum atomic E-state index is -2.96. The van der Waals surface area contributed by atoms with Gasteiger partial charge in [0, 0.05) is 26.2 Å². The first kappa shape index (κ1) is 18.8. The SMILES string of the molecule is O=C(c1ccccc1OC(F)F)N1CCN(Cc2nc3ccccc3s2)CC1. The maximum Gasteiger partial charge on any atom is 0.387 e. The van der Waals surface area contributed by atoms with E-state index in [1.54, 1.807) is 28.4 Å². The molecule has 0 spiro atoms. The number of carbonyl (C=O) groups is 1. The molecule has 1 aliphatic rings. The highest BCUT2D eigenvalue weighted by molar-refractivity contribution is 7.18. The molecule has 4 rings (SSSR count). The van der Waals surface area contributed by atoms with Gasteiger partial charge in [0.15, 0.2) is 0 Å². The van der Waals surface area contributed by atoms with Crippen molar-refractivity contribution in [1.82, 2.24) is 14.8 Å². The second kappa shape index (κ2) is 8.20. The lowest BCUT2D eigenvalue weighted by Gasteiger charge is -2.34. The van der Waals surface area contributed by atoms with Crippen LogP contribution >= 0.6 is 11.3 Å². The zero-order chi connectivity index (χ0) is 19.5. The minimum Gasteiger partial charge on any atom is -0.434 e. The third-order valence-electron chi connectivity index (χ3n) is 4.69. The van der Waals surface area contributed by atoms with Crippen LogP contribution in [0.5, 0.6) is 5.75 Å². The predicted octanol–water partition coefficient (Wildman–Crippen LogP) is 3.86. The number of hydrogen-bond donors (Lipinski definition) is 0. The van der Waals surface area contributed by atoms with Crippen LogP contribution in [0.2, 0.25) is 0 Å². The monoisotopic (exact) mass is 403 g/mol. The van der Waals surface area contributed by atoms with Crippen LogP contribution in [0, 0.1) is 0 Å². The van der Waals surface area contributed by atoms with Gasteiger partial charge < -0.3 is 9.64 Å². The van der Waals surface area contributed by atoms with E-state index in [1.807, 2.05) is 18.2 Å². The van der Waals surface area contributed by atoms with Crippen molar-refractivity contribution >= 4 is 27.5 Å². The lowest BCUT2D eigenvalue weighted by Crippen LogP contribution is -2.48. The Labute approximate surface area is 165 Å². The average molecular weight is 403 g/mol. The highest BCUT2D eigenvalue weighted by Crippen LogP contribution is 2.24. The van der Waals surface area contributed by atoms with Gasteiger partial charge >= 0.3 is 6.61 Å². The number of fused-ring (bicyclic) bond motifs is 1. The van der Waals surface area contributed by atoms with Crippen molar-refractivity contribution in [2.45, 2.75) is 13.2 Å². The van der Waals surface area contributed by atoms with E-state index in [9.17, 15) is 13.6 Å². The fraction of sp³-hybridized carbons (Fsp3) is 0.300. The maximum atomic E-state index is 12.8. The molecule has 3 aromatic rings. The Morgan fingerprint density at radius 2 is 1.79 bits per heavy atom. The van der Waals surface area contributed by atoms with Crippen molar-refractivity contribution in [3.63, 3.8) is 0 Å². The van der Waals surface area contributed by atoms with Gasteiger partial charge in [-0.1, -0.05) is 24.3 Å². The van der Waals surface area contributed by atoms with Gasteiger partial charge in [-0.2, -0.15) is 8.78 Å². The number of amides is 1. The molecular formula is C20H19F2N3O2S. The largest absolute Gasteiger partial charge is 0.434 e. The molecule has 2 aromatic carbocycles. The molecule has 8 heteroatoms. The van der Waals surface area contributed by atoms with Crippen LogP contribution in [0.15, 0.2) is 48.5 Å². The van der Waals surface area contributed by atoms with E-state index in [1.165, 1.54) is 16.8 Å². The van der Waals surface area contributed by atoms with E-state index < -0.39 is 6.61 Å². The van der Waals surface area contributed by atoms with Crippen molar-refractivity contribution in [2.75, 3.05) is 26.2 Å². The number of benzene rings is 2. The standard InChI is InChI=1S/C20H19F2N3O2S/c21-20(22)27-16-7-3-1-5-14(16)19(26)25-11-9-24(10-12-25)13-18-23-15-6-2-4-8-17(15)28-18/h1-8,20H,9-13H2. The van der Waals surface area contributed by atoms with Gasteiger partial charge in [-0.05, 0) is 24.3 Å². The Bertz CT molecular complexity index is 938. The lowest BCUT2D eigenvalue weighted by atomic mass is 10.1. The summed E-state index contributed by atoms with van der Waals surface area (Å²) in [5.74, 6) is -0.365. The van der Waals surface area contributed by atoms with E-state index in [4.69, 9.17) is 0 Å². The second-order valence-corrected chi connectivity index (χ2v) is 7.63. The number of rotatable bonds is 5. The number of aromatic nitrogens is 1. The molecule has 146 valence electrons. The van der Waals surface area contributed by atoms with E-state index in [0.29, 0.717) is 26.2 Å². The predicted molar refractivity (Wildman–Crippen MR) is 104 cm³/mol. The van der Waals surface area contributed by atoms with Crippen LogP contribution in [0.4, 0.5) is 8.78 Å². The summed E-state index contributed by atoms with van der Waals surface area (Å²) < 4.78 is 30.8. The van der Waals surface area contributed by atoms with Crippen molar-refractivity contribution in [3.8, 4) is 5.75 Å². The molecule has 1 saturated heterocycles. The number of para-hydroxylation sites is 2. The molecule has 0 radical (unpaired) electrons. The molecule has 1 amide bonds. The fourth-order valence-electron chi connectivity index (χ4n) is 3.30. The fourth-order valence-corrected chi connectivity index (χ4v) is 4.31. The average Bonchev–Trinajstić information content (AvgIpc) is 3.10. The first-order valence-electron chi connectivity index (χ1n) is 9.00. The summed E-state index contributed by atoms with van der Waals surface area (Å²) in [5.41, 5.74) is 1.18. The van der Waals surface area contributed by atoms with Crippen LogP contribution in [0.25, 0.3) is 10.2 Å². The number of nitrogens with zero attached hydrogens (tertiary/aromatic N) is 3. The first-order chi connectivity index (χ1) is 13.6. The third kappa shape index (κ3) is 4.13. The summed E-state index contributed by atoms with van der Waals surface area (Å²) in [6.07, 6.45) is 0. The van der Waals surface area contributed by atoms with E-state index in [0.717, 1.165) is 17.1 Å². The topological polar surface area (TPSA) is 45.7 Å². The van der Waals surface area contributed by atoms with Crippen LogP contribution in [-0.4, -0.2) is 53.5 Å². The van der Waals surface area contributed by atoms with Gasteiger partial charge in [0.1, 0.15) is 10.8 Å². The molecule has 0 N–H and O–H groups in total. The van der Waals surface area contributed by atoms with Crippen molar-refractivity contribution in [1.29, 1.82) is 0 Å². The maximum absolute atomic E-state index is 12.8. The molecule has 1 aromatic heterocycles. The number of halogens is 2. The molecule has 0 aliphatic carbocycles. The summed E-state index contributed by atoms with van der Waals surface area (Å²) in [7, 11) is 0. The minimum absolute atomic E-state index is 0.0839. The lowest BCUT2D eigenvalue weighted by molar-refractivity contribution is -0.0503. The van der Waals surface area contributed by atoms with Gasteiger partial charge in [0.05, 0.1) is 22.3 Å². The molecular weight excluding hydrogens is 384 g/mol. The van der Waals surface area contributed by atoms with E-state index in [2.05, 4.69) is 20.7 Å². The second-order valence-electron chi connectivity index (χ2n) is 6.52. The molecule has 1 aliphatic heterocycles. The van der Waals surface area contributed by atoms with Crippen LogP contribution in [0.1, 0.15) is 15.4 Å². The first-order valence-corrected chi connectivity index (χ1v) is 9.82. The Hall–Kier alpha value is -2.58. The van der Waals surface area contributed by atoms with Crippen molar-refractivity contribution in [3.05, 3.63) is 59.1 Å². The van der Waals surface area contributed by atoms with Gasteiger partial charge in [-0.3, -0.25) is 9.69 Å². The summed E-state index contributed by atoms with van der Waals surface area (Å²) >= 11 is 1.68. The van der Waals surface area contributed by atoms with Gasteiger partial charge in [-0.25, -0.2) is 4.98 Å². The quantitative estimate of drug-likeness (QED) is 0.649. The van der Waals surface area contributed by atoms with Gasteiger partial charge in [-0.15, -0.1) is 11.3 Å². The molecule has 0 bridgehead atoms. The normalized spacial score (nSPS) is 15.3. The van der Waals surface area contributed by atoms with Crippen LogP contribution < -0.4 is 4.74 Å². The summed E-state index contributed by atoms with van der Waals surface area (Å²) in [6, 6.07) is 14.2. The van der Waals surface area contributed by atoms with Gasteiger partial charge in [0.2, 0.25) is 0 Å². The summed E-state index contributed by atoms with van der Waals surface area (Å²) in [6.45, 7) is 0.268. The number of thiazole rings is 1. The van der Waals surface area contributed by atoms with Crippen LogP contribution in [-0.2, 0) is 6.54 Å². The zero-order valence-electron chi connectivity index (χ0n) is 15.1. The molecule has 0 atom stereocenters. The Balaban J connectivity index is 1.38. The summed E-state index contributed by atoms with van der Waals surface area (Å²) in [4.78, 5) is 21.3. The van der Waals surface area contributed by atoms with Crippen molar-refractivity contribution < 1.29 is 18.3 Å². The Morgan fingerprint density at radius 1 is 1.07 bits per heavy atom. The highest BCUT2D eigenvalue weighted by Gasteiger charge is 2.25. The molecule has 1 fully saturated rings. The number of hydrogen-bond acceptors (Lipinski definition) is 5. The van der Waals surface area contributed by atoms with Crippen molar-refractivity contribution in [2.24, 2.45) is 0 Å². The number of ether oxygens (including phenoxy) is 1. The Kier molecular flexibility index (Phi) is 5.50. The highest BCUT2D eigenvalue weighted by atomic mass is 32.1. The molecule has 0 unspecified atom stereocenters. The van der Waals surface area contributed by atoms with E-state index in [-0.39, 0.29) is 17.2 Å². The zero-order valence-corrected chi connectivity index (χ0v) is 15.9. The number of piperazine rings is 1. The van der Waals surface area contributed by atoms with Gasteiger partial charge in [0.25, 0.3) is 5.91 Å². The summed E-state index contributed by atoms with van der Waals surface area (Å²) in [5, 5.41) is 1.05. The van der Waals surface area contributed by atoms with E-state index >= 15 is 0 Å². The smallest absolute Gasteiger partial charge is 0.387 e.